The van der Waals surface area contributed by atoms with Crippen LogP contribution >= 0.6 is 0 Å². The van der Waals surface area contributed by atoms with Crippen LogP contribution in [0.3, 0.4) is 0 Å². The lowest BCUT2D eigenvalue weighted by Gasteiger charge is -2.18. The molecule has 0 spiro atoms. The zero-order chi connectivity index (χ0) is 11.4. The molecule has 1 aromatic rings. The molecule has 1 aliphatic rings. The van der Waals surface area contributed by atoms with Gasteiger partial charge in [-0.1, -0.05) is 23.8 Å². The number of phenolic OH excluding ortho intramolecular Hbond substituents is 1. The van der Waals surface area contributed by atoms with Gasteiger partial charge >= 0.3 is 0 Å². The van der Waals surface area contributed by atoms with Crippen LogP contribution in [0.1, 0.15) is 11.1 Å². The number of hydrogen-bond donors (Lipinski definition) is 3. The number of dihydropyridines is 1. The van der Waals surface area contributed by atoms with Gasteiger partial charge in [0.2, 0.25) is 0 Å². The van der Waals surface area contributed by atoms with Crippen molar-refractivity contribution in [3.05, 3.63) is 53.8 Å². The average molecular weight is 216 g/mol. The lowest BCUT2D eigenvalue weighted by atomic mass is 10.1. The van der Waals surface area contributed by atoms with Gasteiger partial charge < -0.3 is 10.4 Å². The molecular formula is C13H16N2O. The predicted octanol–water partition coefficient (Wildman–Crippen LogP) is 1.79. The molecule has 3 nitrogen and oxygen atoms in total. The molecule has 0 amide bonds. The molecule has 0 aromatic heterocycles. The number of aromatic hydroxyl groups is 1. The van der Waals surface area contributed by atoms with Gasteiger partial charge in [0, 0.05) is 12.1 Å². The second-order valence-corrected chi connectivity index (χ2v) is 3.90. The molecule has 1 atom stereocenters. The number of nitrogens with one attached hydrogen (secondary N) is 2. The zero-order valence-corrected chi connectivity index (χ0v) is 9.27. The monoisotopic (exact) mass is 216 g/mol. The third-order valence-electron chi connectivity index (χ3n) is 2.53. The average Bonchev–Trinajstić information content (AvgIpc) is 2.32. The molecule has 0 saturated carbocycles. The molecule has 1 aromatic carbocycles. The van der Waals surface area contributed by atoms with Crippen LogP contribution in [0.5, 0.6) is 5.75 Å². The first kappa shape index (κ1) is 10.8. The van der Waals surface area contributed by atoms with Gasteiger partial charge in [0.15, 0.2) is 0 Å². The second-order valence-electron chi connectivity index (χ2n) is 3.90. The molecule has 3 N–H and O–H groups in total. The Morgan fingerprint density at radius 1 is 1.38 bits per heavy atom. The van der Waals surface area contributed by atoms with E-state index in [1.807, 2.05) is 43.5 Å². The van der Waals surface area contributed by atoms with Crippen LogP contribution in [0.15, 0.2) is 42.6 Å². The van der Waals surface area contributed by atoms with E-state index in [1.165, 1.54) is 0 Å². The Bertz CT molecular complexity index is 424. The van der Waals surface area contributed by atoms with Gasteiger partial charge in [0.05, 0.1) is 6.17 Å². The summed E-state index contributed by atoms with van der Waals surface area (Å²) in [7, 11) is 0. The van der Waals surface area contributed by atoms with E-state index >= 15 is 0 Å². The highest BCUT2D eigenvalue weighted by molar-refractivity contribution is 5.35. The Morgan fingerprint density at radius 3 is 3.00 bits per heavy atom. The highest BCUT2D eigenvalue weighted by Crippen LogP contribution is 2.17. The minimum Gasteiger partial charge on any atom is -0.508 e. The number of benzene rings is 1. The maximum absolute atomic E-state index is 9.67. The quantitative estimate of drug-likeness (QED) is 0.721. The largest absolute Gasteiger partial charge is 0.508 e. The number of hydrogen-bond acceptors (Lipinski definition) is 3. The first-order chi connectivity index (χ1) is 7.75. The summed E-state index contributed by atoms with van der Waals surface area (Å²) in [6.45, 7) is 2.66. The fourth-order valence-corrected chi connectivity index (χ4v) is 1.65. The molecule has 0 fully saturated rings. The lowest BCUT2D eigenvalue weighted by Crippen LogP contribution is -2.38. The normalized spacial score (nSPS) is 18.4. The van der Waals surface area contributed by atoms with Crippen LogP contribution in [0.25, 0.3) is 0 Å². The van der Waals surface area contributed by atoms with Crippen LogP contribution in [-0.2, 0) is 6.54 Å². The Labute approximate surface area is 95.5 Å². The van der Waals surface area contributed by atoms with Crippen molar-refractivity contribution in [2.75, 3.05) is 0 Å². The Balaban J connectivity index is 1.96. The molecule has 0 bridgehead atoms. The molecule has 16 heavy (non-hydrogen) atoms. The van der Waals surface area contributed by atoms with Crippen molar-refractivity contribution in [1.82, 2.24) is 10.6 Å². The van der Waals surface area contributed by atoms with Gasteiger partial charge in [-0.05, 0) is 31.3 Å². The van der Waals surface area contributed by atoms with Gasteiger partial charge in [0.25, 0.3) is 0 Å². The molecule has 0 radical (unpaired) electrons. The summed E-state index contributed by atoms with van der Waals surface area (Å²) < 4.78 is 0. The Morgan fingerprint density at radius 2 is 2.25 bits per heavy atom. The third kappa shape index (κ3) is 2.64. The Kier molecular flexibility index (Phi) is 3.27. The number of allylic oxidation sites excluding steroid dienone is 2. The van der Waals surface area contributed by atoms with Crippen molar-refractivity contribution in [1.29, 1.82) is 0 Å². The topological polar surface area (TPSA) is 44.3 Å². The molecule has 1 unspecified atom stereocenters. The SMILES string of the molecule is Cc1ccc(O)c(CNC2C=CC=CN2)c1. The van der Waals surface area contributed by atoms with Gasteiger partial charge in [-0.15, -0.1) is 0 Å². The number of phenols is 1. The second kappa shape index (κ2) is 4.86. The fourth-order valence-electron chi connectivity index (χ4n) is 1.65. The summed E-state index contributed by atoms with van der Waals surface area (Å²) in [6.07, 6.45) is 8.00. The molecule has 0 saturated heterocycles. The summed E-state index contributed by atoms with van der Waals surface area (Å²) in [4.78, 5) is 0. The lowest BCUT2D eigenvalue weighted by molar-refractivity contribution is 0.458. The van der Waals surface area contributed by atoms with E-state index in [-0.39, 0.29) is 6.17 Å². The minimum atomic E-state index is 0.130. The van der Waals surface area contributed by atoms with E-state index in [4.69, 9.17) is 0 Å². The maximum atomic E-state index is 9.67. The summed E-state index contributed by atoms with van der Waals surface area (Å²) >= 11 is 0. The van der Waals surface area contributed by atoms with Crippen LogP contribution in [0.2, 0.25) is 0 Å². The molecule has 3 heteroatoms. The van der Waals surface area contributed by atoms with Crippen molar-refractivity contribution in [2.24, 2.45) is 0 Å². The van der Waals surface area contributed by atoms with E-state index in [0.717, 1.165) is 11.1 Å². The van der Waals surface area contributed by atoms with Crippen LogP contribution in [0, 0.1) is 6.92 Å². The highest BCUT2D eigenvalue weighted by atomic mass is 16.3. The minimum absolute atomic E-state index is 0.130. The van der Waals surface area contributed by atoms with Gasteiger partial charge in [0.1, 0.15) is 5.75 Å². The van der Waals surface area contributed by atoms with Crippen molar-refractivity contribution < 1.29 is 5.11 Å². The molecule has 84 valence electrons. The smallest absolute Gasteiger partial charge is 0.120 e. The maximum Gasteiger partial charge on any atom is 0.120 e. The van der Waals surface area contributed by atoms with Crippen molar-refractivity contribution >= 4 is 0 Å². The first-order valence-corrected chi connectivity index (χ1v) is 5.37. The fraction of sp³-hybridized carbons (Fsp3) is 0.231. The summed E-state index contributed by atoms with van der Waals surface area (Å²) in [5.41, 5.74) is 2.08. The summed E-state index contributed by atoms with van der Waals surface area (Å²) in [5, 5.41) is 16.1. The molecule has 1 aliphatic heterocycles. The van der Waals surface area contributed by atoms with E-state index in [9.17, 15) is 5.11 Å². The zero-order valence-electron chi connectivity index (χ0n) is 9.27. The van der Waals surface area contributed by atoms with Gasteiger partial charge in [-0.2, -0.15) is 0 Å². The van der Waals surface area contributed by atoms with Crippen LogP contribution in [-0.4, -0.2) is 11.3 Å². The van der Waals surface area contributed by atoms with E-state index in [1.54, 1.807) is 6.07 Å². The highest BCUT2D eigenvalue weighted by Gasteiger charge is 2.05. The molecule has 0 aliphatic carbocycles. The van der Waals surface area contributed by atoms with Crippen LogP contribution in [0.4, 0.5) is 0 Å². The van der Waals surface area contributed by atoms with Crippen molar-refractivity contribution in [2.45, 2.75) is 19.6 Å². The van der Waals surface area contributed by atoms with E-state index in [0.29, 0.717) is 12.3 Å². The third-order valence-corrected chi connectivity index (χ3v) is 2.53. The van der Waals surface area contributed by atoms with E-state index in [2.05, 4.69) is 10.6 Å². The molecule has 1 heterocycles. The summed E-state index contributed by atoms with van der Waals surface area (Å²) in [5.74, 6) is 0.341. The predicted molar refractivity (Wildman–Crippen MR) is 64.9 cm³/mol. The number of aryl methyl sites for hydroxylation is 1. The van der Waals surface area contributed by atoms with E-state index < -0.39 is 0 Å². The van der Waals surface area contributed by atoms with Crippen LogP contribution < -0.4 is 10.6 Å². The standard InChI is InChI=1S/C13H16N2O/c1-10-5-6-12(16)11(8-10)9-15-13-4-2-3-7-14-13/h2-8,13-16H,9H2,1H3. The number of rotatable bonds is 3. The van der Waals surface area contributed by atoms with Gasteiger partial charge in [-0.3, -0.25) is 5.32 Å². The first-order valence-electron chi connectivity index (χ1n) is 5.37. The molecular weight excluding hydrogens is 200 g/mol. The van der Waals surface area contributed by atoms with Crippen molar-refractivity contribution in [3.8, 4) is 5.75 Å². The van der Waals surface area contributed by atoms with Crippen molar-refractivity contribution in [3.63, 3.8) is 0 Å². The Hall–Kier alpha value is -1.74. The van der Waals surface area contributed by atoms with Gasteiger partial charge in [-0.25, -0.2) is 0 Å². The summed E-state index contributed by atoms with van der Waals surface area (Å²) in [6, 6.07) is 5.63. The molecule has 2 rings (SSSR count).